The highest BCUT2D eigenvalue weighted by molar-refractivity contribution is 7.93. The molecule has 6 nitrogen and oxygen atoms in total. The van der Waals surface area contributed by atoms with Crippen LogP contribution in [-0.2, 0) is 16.6 Å². The Morgan fingerprint density at radius 3 is 2.50 bits per heavy atom. The highest BCUT2D eigenvalue weighted by Gasteiger charge is 2.35. The van der Waals surface area contributed by atoms with Crippen LogP contribution in [0.2, 0.25) is 0 Å². The van der Waals surface area contributed by atoms with Gasteiger partial charge in [-0.25, -0.2) is 8.42 Å². The van der Waals surface area contributed by atoms with Crippen molar-refractivity contribution in [2.24, 2.45) is 0 Å². The Labute approximate surface area is 165 Å². The Bertz CT molecular complexity index is 1110. The average Bonchev–Trinajstić information content (AvgIpc) is 3.50. The van der Waals surface area contributed by atoms with Gasteiger partial charge in [0.2, 0.25) is 10.0 Å². The molecule has 0 amide bonds. The largest absolute Gasteiger partial charge is 0.497 e. The Kier molecular flexibility index (Phi) is 4.71. The number of anilines is 2. The van der Waals surface area contributed by atoms with E-state index in [0.29, 0.717) is 5.69 Å². The molecule has 1 fully saturated rings. The number of hydrogen-bond donors (Lipinski definition) is 2. The number of nitrogen functional groups attached to an aromatic ring is 1. The first-order valence-corrected chi connectivity index (χ1v) is 11.1. The number of fused-ring (bicyclic) bond motifs is 1. The molecular weight excluding hydrogens is 374 g/mol. The smallest absolute Gasteiger partial charge is 0.235 e. The summed E-state index contributed by atoms with van der Waals surface area (Å²) in [5.74, 6) is 0.790. The Morgan fingerprint density at radius 1 is 1.18 bits per heavy atom. The lowest BCUT2D eigenvalue weighted by molar-refractivity contribution is 0.415. The molecule has 3 aromatic rings. The van der Waals surface area contributed by atoms with Gasteiger partial charge in [0.15, 0.2) is 0 Å². The van der Waals surface area contributed by atoms with Crippen LogP contribution in [0.1, 0.15) is 26.2 Å². The molecule has 2 aromatic carbocycles. The van der Waals surface area contributed by atoms with Gasteiger partial charge in [0.1, 0.15) is 5.75 Å². The molecule has 148 valence electrons. The summed E-state index contributed by atoms with van der Waals surface area (Å²) in [7, 11) is -1.61. The lowest BCUT2D eigenvalue weighted by Crippen LogP contribution is -2.17. The minimum absolute atomic E-state index is 0.245. The van der Waals surface area contributed by atoms with Crippen molar-refractivity contribution in [3.8, 4) is 17.0 Å². The molecule has 0 spiro atoms. The summed E-state index contributed by atoms with van der Waals surface area (Å²) >= 11 is 0. The van der Waals surface area contributed by atoms with E-state index in [1.165, 1.54) is 0 Å². The third kappa shape index (κ3) is 3.30. The maximum atomic E-state index is 12.1. The van der Waals surface area contributed by atoms with Crippen LogP contribution in [0.15, 0.2) is 42.5 Å². The Balaban J connectivity index is 1.75. The number of rotatable bonds is 7. The molecule has 3 N–H and O–H groups in total. The van der Waals surface area contributed by atoms with Gasteiger partial charge in [-0.1, -0.05) is 19.1 Å². The number of nitrogens with two attached hydrogens (primary N) is 1. The van der Waals surface area contributed by atoms with Crippen molar-refractivity contribution in [2.75, 3.05) is 17.6 Å². The standard InChI is InChI=1S/C21H25N3O3S/c1-3-12-24-19-13-16(27-2)8-11-18(19)20(22)21(24)14-4-6-15(7-5-14)23-28(25,26)17-9-10-17/h4-8,11,13,17,23H,3,9-10,12,22H2,1-2H3. The predicted molar refractivity (Wildman–Crippen MR) is 114 cm³/mol. The Morgan fingerprint density at radius 2 is 1.89 bits per heavy atom. The van der Waals surface area contributed by atoms with E-state index in [2.05, 4.69) is 16.2 Å². The minimum atomic E-state index is -3.26. The predicted octanol–water partition coefficient (Wildman–Crippen LogP) is 4.21. The van der Waals surface area contributed by atoms with Gasteiger partial charge in [-0.05, 0) is 43.5 Å². The van der Waals surface area contributed by atoms with Crippen molar-refractivity contribution in [2.45, 2.75) is 38.0 Å². The summed E-state index contributed by atoms with van der Waals surface area (Å²) in [5, 5.41) is 0.743. The fraction of sp³-hybridized carbons (Fsp3) is 0.333. The molecule has 0 unspecified atom stereocenters. The topological polar surface area (TPSA) is 86.4 Å². The zero-order chi connectivity index (χ0) is 19.9. The molecule has 1 aromatic heterocycles. The van der Waals surface area contributed by atoms with Crippen molar-refractivity contribution >= 4 is 32.3 Å². The first-order chi connectivity index (χ1) is 13.4. The summed E-state index contributed by atoms with van der Waals surface area (Å²) < 4.78 is 34.5. The van der Waals surface area contributed by atoms with Gasteiger partial charge < -0.3 is 15.0 Å². The van der Waals surface area contributed by atoms with Crippen LogP contribution in [-0.4, -0.2) is 25.3 Å². The second kappa shape index (κ2) is 7.05. The summed E-state index contributed by atoms with van der Waals surface area (Å²) in [5.41, 5.74) is 10.7. The van der Waals surface area contributed by atoms with E-state index < -0.39 is 10.0 Å². The third-order valence-electron chi connectivity index (χ3n) is 5.14. The molecule has 1 aliphatic rings. The zero-order valence-corrected chi connectivity index (χ0v) is 16.9. The van der Waals surface area contributed by atoms with Gasteiger partial charge in [0, 0.05) is 29.2 Å². The van der Waals surface area contributed by atoms with E-state index in [1.807, 2.05) is 30.3 Å². The summed E-state index contributed by atoms with van der Waals surface area (Å²) in [6.07, 6.45) is 2.45. The van der Waals surface area contributed by atoms with Gasteiger partial charge in [-0.3, -0.25) is 4.72 Å². The normalized spacial score (nSPS) is 14.4. The van der Waals surface area contributed by atoms with Crippen LogP contribution in [0.5, 0.6) is 5.75 Å². The summed E-state index contributed by atoms with van der Waals surface area (Å²) in [6.45, 7) is 2.95. The SMILES string of the molecule is CCCn1c(-c2ccc(NS(=O)(=O)C3CC3)cc2)c(N)c2ccc(OC)cc21. The van der Waals surface area contributed by atoms with E-state index in [0.717, 1.165) is 59.4 Å². The quantitative estimate of drug-likeness (QED) is 0.623. The number of sulfonamides is 1. The van der Waals surface area contributed by atoms with Crippen molar-refractivity contribution < 1.29 is 13.2 Å². The third-order valence-corrected chi connectivity index (χ3v) is 7.01. The zero-order valence-electron chi connectivity index (χ0n) is 16.1. The second-order valence-corrected chi connectivity index (χ2v) is 9.18. The number of ether oxygens (including phenoxy) is 1. The molecule has 28 heavy (non-hydrogen) atoms. The average molecular weight is 400 g/mol. The Hall–Kier alpha value is -2.67. The molecule has 1 heterocycles. The van der Waals surface area contributed by atoms with E-state index in [9.17, 15) is 8.42 Å². The van der Waals surface area contributed by atoms with E-state index in [-0.39, 0.29) is 5.25 Å². The van der Waals surface area contributed by atoms with Gasteiger partial charge >= 0.3 is 0 Å². The molecule has 1 saturated carbocycles. The molecule has 4 rings (SSSR count). The fourth-order valence-corrected chi connectivity index (χ4v) is 4.96. The van der Waals surface area contributed by atoms with Gasteiger partial charge in [-0.15, -0.1) is 0 Å². The van der Waals surface area contributed by atoms with Crippen molar-refractivity contribution in [1.82, 2.24) is 4.57 Å². The minimum Gasteiger partial charge on any atom is -0.497 e. The van der Waals surface area contributed by atoms with Crippen molar-refractivity contribution in [3.05, 3.63) is 42.5 Å². The molecule has 0 bridgehead atoms. The summed E-state index contributed by atoms with van der Waals surface area (Å²) in [6, 6.07) is 13.3. The molecule has 7 heteroatoms. The highest BCUT2D eigenvalue weighted by Crippen LogP contribution is 2.38. The first-order valence-electron chi connectivity index (χ1n) is 9.52. The van der Waals surface area contributed by atoms with Crippen LogP contribution in [0.4, 0.5) is 11.4 Å². The second-order valence-electron chi connectivity index (χ2n) is 7.22. The number of benzene rings is 2. The number of aryl methyl sites for hydroxylation is 1. The maximum Gasteiger partial charge on any atom is 0.235 e. The maximum absolute atomic E-state index is 12.1. The molecular formula is C21H25N3O3S. The molecule has 0 aliphatic heterocycles. The van der Waals surface area contributed by atoms with E-state index >= 15 is 0 Å². The van der Waals surface area contributed by atoms with Crippen molar-refractivity contribution in [1.29, 1.82) is 0 Å². The molecule has 0 radical (unpaired) electrons. The van der Waals surface area contributed by atoms with E-state index in [1.54, 1.807) is 19.2 Å². The number of aromatic nitrogens is 1. The van der Waals surface area contributed by atoms with Crippen LogP contribution < -0.4 is 15.2 Å². The number of nitrogens with zero attached hydrogens (tertiary/aromatic N) is 1. The molecule has 0 atom stereocenters. The lowest BCUT2D eigenvalue weighted by atomic mass is 10.1. The lowest BCUT2D eigenvalue weighted by Gasteiger charge is -2.12. The molecule has 1 aliphatic carbocycles. The van der Waals surface area contributed by atoms with Crippen LogP contribution >= 0.6 is 0 Å². The van der Waals surface area contributed by atoms with Crippen LogP contribution in [0, 0.1) is 0 Å². The summed E-state index contributed by atoms with van der Waals surface area (Å²) in [4.78, 5) is 0. The highest BCUT2D eigenvalue weighted by atomic mass is 32.2. The monoisotopic (exact) mass is 399 g/mol. The number of hydrogen-bond acceptors (Lipinski definition) is 4. The number of methoxy groups -OCH3 is 1. The fourth-order valence-electron chi connectivity index (χ4n) is 3.57. The van der Waals surface area contributed by atoms with Crippen LogP contribution in [0.25, 0.3) is 22.2 Å². The first kappa shape index (κ1) is 18.7. The van der Waals surface area contributed by atoms with Gasteiger partial charge in [0.25, 0.3) is 0 Å². The van der Waals surface area contributed by atoms with Gasteiger partial charge in [0.05, 0.1) is 29.3 Å². The number of nitrogens with one attached hydrogen (secondary N) is 1. The van der Waals surface area contributed by atoms with Crippen LogP contribution in [0.3, 0.4) is 0 Å². The molecule has 0 saturated heterocycles. The van der Waals surface area contributed by atoms with Crippen molar-refractivity contribution in [3.63, 3.8) is 0 Å². The van der Waals surface area contributed by atoms with E-state index in [4.69, 9.17) is 10.5 Å². The van der Waals surface area contributed by atoms with Gasteiger partial charge in [-0.2, -0.15) is 0 Å².